The van der Waals surface area contributed by atoms with Gasteiger partial charge in [-0.1, -0.05) is 13.3 Å². The Morgan fingerprint density at radius 3 is 2.88 bits per heavy atom. The molecule has 3 nitrogen and oxygen atoms in total. The molecule has 0 radical (unpaired) electrons. The second-order valence-corrected chi connectivity index (χ2v) is 6.56. The first-order valence-corrected chi connectivity index (χ1v) is 7.97. The standard InChI is InChI=1S/C13H24N2OS/c1-2-13(4-3-5-13)10-15-12(16)8-11-9-17-7-6-14-11/h11,14H,2-10H2,1H3,(H,15,16). The van der Waals surface area contributed by atoms with Crippen molar-refractivity contribution in [3.8, 4) is 0 Å². The van der Waals surface area contributed by atoms with Gasteiger partial charge in [-0.25, -0.2) is 0 Å². The Morgan fingerprint density at radius 1 is 1.53 bits per heavy atom. The minimum absolute atomic E-state index is 0.227. The first-order valence-electron chi connectivity index (χ1n) is 6.82. The lowest BCUT2D eigenvalue weighted by Crippen LogP contribution is -2.45. The van der Waals surface area contributed by atoms with E-state index >= 15 is 0 Å². The van der Waals surface area contributed by atoms with Crippen LogP contribution in [0.1, 0.15) is 39.0 Å². The zero-order valence-electron chi connectivity index (χ0n) is 10.8. The minimum Gasteiger partial charge on any atom is -0.355 e. The van der Waals surface area contributed by atoms with Gasteiger partial charge >= 0.3 is 0 Å². The number of hydrogen-bond donors (Lipinski definition) is 2. The molecule has 0 bridgehead atoms. The average Bonchev–Trinajstić information content (AvgIpc) is 2.29. The minimum atomic E-state index is 0.227. The number of hydrogen-bond acceptors (Lipinski definition) is 3. The molecule has 1 unspecified atom stereocenters. The molecule has 0 aromatic heterocycles. The quantitative estimate of drug-likeness (QED) is 0.788. The van der Waals surface area contributed by atoms with E-state index in [2.05, 4.69) is 17.6 Å². The Labute approximate surface area is 108 Å². The van der Waals surface area contributed by atoms with Gasteiger partial charge in [-0.3, -0.25) is 4.79 Å². The van der Waals surface area contributed by atoms with E-state index in [9.17, 15) is 4.79 Å². The van der Waals surface area contributed by atoms with Crippen LogP contribution in [0.4, 0.5) is 0 Å². The lowest BCUT2D eigenvalue weighted by molar-refractivity contribution is -0.122. The predicted octanol–water partition coefficient (Wildman–Crippen LogP) is 1.78. The zero-order valence-corrected chi connectivity index (χ0v) is 11.6. The number of amides is 1. The zero-order chi connectivity index (χ0) is 12.1. The number of carbonyl (C=O) groups excluding carboxylic acids is 1. The Kier molecular flexibility index (Phi) is 4.74. The van der Waals surface area contributed by atoms with E-state index in [-0.39, 0.29) is 5.91 Å². The third kappa shape index (κ3) is 3.62. The molecule has 98 valence electrons. The number of rotatable bonds is 5. The first-order chi connectivity index (χ1) is 8.24. The van der Waals surface area contributed by atoms with Crippen LogP contribution >= 0.6 is 11.8 Å². The number of thioether (sulfide) groups is 1. The molecule has 1 heterocycles. The summed E-state index contributed by atoms with van der Waals surface area (Å²) in [5, 5.41) is 6.54. The highest BCUT2D eigenvalue weighted by Gasteiger charge is 2.35. The number of nitrogens with one attached hydrogen (secondary N) is 2. The van der Waals surface area contributed by atoms with Gasteiger partial charge in [0.1, 0.15) is 0 Å². The molecular weight excluding hydrogens is 232 g/mol. The van der Waals surface area contributed by atoms with E-state index in [1.54, 1.807) is 0 Å². The topological polar surface area (TPSA) is 41.1 Å². The van der Waals surface area contributed by atoms with Crippen LogP contribution in [-0.4, -0.2) is 36.5 Å². The molecule has 0 aromatic rings. The van der Waals surface area contributed by atoms with Crippen LogP contribution in [-0.2, 0) is 4.79 Å². The van der Waals surface area contributed by atoms with Crippen molar-refractivity contribution in [2.45, 2.75) is 45.1 Å². The van der Waals surface area contributed by atoms with Crippen LogP contribution in [0.3, 0.4) is 0 Å². The van der Waals surface area contributed by atoms with Gasteiger partial charge in [0, 0.05) is 37.1 Å². The van der Waals surface area contributed by atoms with E-state index < -0.39 is 0 Å². The normalized spacial score (nSPS) is 27.2. The van der Waals surface area contributed by atoms with Crippen LogP contribution in [0.25, 0.3) is 0 Å². The molecule has 17 heavy (non-hydrogen) atoms. The molecule has 2 rings (SSSR count). The molecule has 4 heteroatoms. The maximum Gasteiger partial charge on any atom is 0.221 e. The monoisotopic (exact) mass is 256 g/mol. The van der Waals surface area contributed by atoms with E-state index in [4.69, 9.17) is 0 Å². The van der Waals surface area contributed by atoms with Crippen LogP contribution in [0, 0.1) is 5.41 Å². The van der Waals surface area contributed by atoms with E-state index in [0.29, 0.717) is 17.9 Å². The van der Waals surface area contributed by atoms with Crippen molar-refractivity contribution in [2.75, 3.05) is 24.6 Å². The predicted molar refractivity (Wildman–Crippen MR) is 73.3 cm³/mol. The van der Waals surface area contributed by atoms with Gasteiger partial charge in [0.15, 0.2) is 0 Å². The molecule has 1 aliphatic carbocycles. The third-order valence-corrected chi connectivity index (χ3v) is 5.39. The van der Waals surface area contributed by atoms with Gasteiger partial charge in [0.2, 0.25) is 5.91 Å². The Balaban J connectivity index is 1.66. The molecule has 1 saturated heterocycles. The van der Waals surface area contributed by atoms with Crippen molar-refractivity contribution in [1.29, 1.82) is 0 Å². The number of carbonyl (C=O) groups is 1. The van der Waals surface area contributed by atoms with Crippen molar-refractivity contribution >= 4 is 17.7 Å². The van der Waals surface area contributed by atoms with Gasteiger partial charge in [-0.05, 0) is 24.7 Å². The molecule has 1 atom stereocenters. The SMILES string of the molecule is CCC1(CNC(=O)CC2CSCCN2)CCC1. The van der Waals surface area contributed by atoms with Crippen LogP contribution in [0.15, 0.2) is 0 Å². The Bertz CT molecular complexity index is 255. The van der Waals surface area contributed by atoms with Gasteiger partial charge < -0.3 is 10.6 Å². The van der Waals surface area contributed by atoms with Crippen LogP contribution in [0.2, 0.25) is 0 Å². The maximum absolute atomic E-state index is 11.9. The third-order valence-electron chi connectivity index (χ3n) is 4.26. The summed E-state index contributed by atoms with van der Waals surface area (Å²) in [6.45, 7) is 4.17. The van der Waals surface area contributed by atoms with E-state index in [1.807, 2.05) is 11.8 Å². The summed E-state index contributed by atoms with van der Waals surface area (Å²) in [6, 6.07) is 0.382. The molecule has 2 N–H and O–H groups in total. The smallest absolute Gasteiger partial charge is 0.221 e. The van der Waals surface area contributed by atoms with Crippen molar-refractivity contribution in [3.05, 3.63) is 0 Å². The molecular formula is C13H24N2OS. The lowest BCUT2D eigenvalue weighted by atomic mass is 9.67. The highest BCUT2D eigenvalue weighted by atomic mass is 32.2. The first kappa shape index (κ1) is 13.2. The maximum atomic E-state index is 11.9. The summed E-state index contributed by atoms with van der Waals surface area (Å²) in [7, 11) is 0. The fraction of sp³-hybridized carbons (Fsp3) is 0.923. The highest BCUT2D eigenvalue weighted by molar-refractivity contribution is 7.99. The lowest BCUT2D eigenvalue weighted by Gasteiger charge is -2.41. The fourth-order valence-electron chi connectivity index (χ4n) is 2.66. The molecule has 1 aliphatic heterocycles. The Hall–Kier alpha value is -0.220. The van der Waals surface area contributed by atoms with Gasteiger partial charge in [0.25, 0.3) is 0 Å². The van der Waals surface area contributed by atoms with Crippen LogP contribution in [0.5, 0.6) is 0 Å². The second kappa shape index (κ2) is 6.10. The summed E-state index contributed by atoms with van der Waals surface area (Å²) in [4.78, 5) is 11.9. The molecule has 2 fully saturated rings. The van der Waals surface area contributed by atoms with Crippen molar-refractivity contribution in [1.82, 2.24) is 10.6 Å². The summed E-state index contributed by atoms with van der Waals surface area (Å²) in [5.74, 6) is 2.48. The molecule has 0 spiro atoms. The van der Waals surface area contributed by atoms with Crippen molar-refractivity contribution < 1.29 is 4.79 Å². The van der Waals surface area contributed by atoms with Gasteiger partial charge in [-0.15, -0.1) is 0 Å². The average molecular weight is 256 g/mol. The van der Waals surface area contributed by atoms with Gasteiger partial charge in [-0.2, -0.15) is 11.8 Å². The van der Waals surface area contributed by atoms with Crippen molar-refractivity contribution in [3.63, 3.8) is 0 Å². The van der Waals surface area contributed by atoms with E-state index in [1.165, 1.54) is 31.4 Å². The highest BCUT2D eigenvalue weighted by Crippen LogP contribution is 2.43. The van der Waals surface area contributed by atoms with E-state index in [0.717, 1.165) is 18.8 Å². The fourth-order valence-corrected chi connectivity index (χ4v) is 3.61. The van der Waals surface area contributed by atoms with Crippen molar-refractivity contribution in [2.24, 2.45) is 5.41 Å². The summed E-state index contributed by atoms with van der Waals surface area (Å²) < 4.78 is 0. The summed E-state index contributed by atoms with van der Waals surface area (Å²) in [6.07, 6.45) is 5.77. The van der Waals surface area contributed by atoms with Crippen LogP contribution < -0.4 is 10.6 Å². The Morgan fingerprint density at radius 2 is 2.35 bits per heavy atom. The summed E-state index contributed by atoms with van der Waals surface area (Å²) >= 11 is 1.95. The molecule has 1 saturated carbocycles. The summed E-state index contributed by atoms with van der Waals surface area (Å²) in [5.41, 5.74) is 0.435. The largest absolute Gasteiger partial charge is 0.355 e. The molecule has 0 aromatic carbocycles. The molecule has 1 amide bonds. The molecule has 2 aliphatic rings. The second-order valence-electron chi connectivity index (χ2n) is 5.41. The van der Waals surface area contributed by atoms with Gasteiger partial charge in [0.05, 0.1) is 0 Å².